The van der Waals surface area contributed by atoms with Crippen molar-refractivity contribution in [1.82, 2.24) is 4.90 Å². The number of hydrogen-bond acceptors (Lipinski definition) is 3. The van der Waals surface area contributed by atoms with Gasteiger partial charge in [0.15, 0.2) is 6.10 Å². The molecule has 0 aromatic heterocycles. The van der Waals surface area contributed by atoms with E-state index < -0.39 is 18.2 Å². The molecule has 88 valence electrons. The second-order valence-electron chi connectivity index (χ2n) is 3.27. The maximum absolute atomic E-state index is 11.7. The van der Waals surface area contributed by atoms with E-state index in [2.05, 4.69) is 0 Å². The summed E-state index contributed by atoms with van der Waals surface area (Å²) in [6.07, 6.45) is -1.67. The van der Waals surface area contributed by atoms with E-state index in [1.54, 1.807) is 11.8 Å². The summed E-state index contributed by atoms with van der Waals surface area (Å²) in [5, 5.41) is 8.62. The molecule has 5 heteroatoms. The van der Waals surface area contributed by atoms with E-state index in [9.17, 15) is 9.59 Å². The molecule has 15 heavy (non-hydrogen) atoms. The van der Waals surface area contributed by atoms with Gasteiger partial charge in [-0.2, -0.15) is 0 Å². The molecule has 0 fully saturated rings. The van der Waals surface area contributed by atoms with Gasteiger partial charge in [0.2, 0.25) is 0 Å². The Morgan fingerprint density at radius 3 is 2.00 bits per heavy atom. The van der Waals surface area contributed by atoms with E-state index in [1.807, 2.05) is 13.8 Å². The van der Waals surface area contributed by atoms with Crippen LogP contribution in [0, 0.1) is 0 Å². The quantitative estimate of drug-likeness (QED) is 0.712. The number of amides is 1. The lowest BCUT2D eigenvalue weighted by atomic mass is 10.3. The van der Waals surface area contributed by atoms with Gasteiger partial charge in [0, 0.05) is 13.1 Å². The third-order valence-electron chi connectivity index (χ3n) is 2.18. The molecule has 0 heterocycles. The van der Waals surface area contributed by atoms with Crippen LogP contribution in [-0.2, 0) is 14.3 Å². The van der Waals surface area contributed by atoms with Crippen LogP contribution in [0.4, 0.5) is 0 Å². The predicted molar refractivity (Wildman–Crippen MR) is 55.6 cm³/mol. The topological polar surface area (TPSA) is 66.8 Å². The Balaban J connectivity index is 4.26. The molecule has 0 aliphatic rings. The summed E-state index contributed by atoms with van der Waals surface area (Å²) in [5.74, 6) is -1.23. The van der Waals surface area contributed by atoms with E-state index in [1.165, 1.54) is 6.92 Å². The SMILES string of the molecule is CCN(CC)C(=O)C(C)O[C@H](C)C(=O)O. The van der Waals surface area contributed by atoms with Crippen LogP contribution in [0.5, 0.6) is 0 Å². The molecule has 1 amide bonds. The number of hydrogen-bond donors (Lipinski definition) is 1. The number of aliphatic carboxylic acids is 1. The second kappa shape index (κ2) is 6.40. The summed E-state index contributed by atoms with van der Waals surface area (Å²) in [4.78, 5) is 23.8. The first-order valence-corrected chi connectivity index (χ1v) is 5.11. The first-order chi connectivity index (χ1) is 6.93. The molecule has 0 radical (unpaired) electrons. The second-order valence-corrected chi connectivity index (χ2v) is 3.27. The molecule has 5 nitrogen and oxygen atoms in total. The molecule has 0 saturated carbocycles. The molecule has 0 aromatic rings. The Morgan fingerprint density at radius 2 is 1.67 bits per heavy atom. The minimum atomic E-state index is -1.06. The van der Waals surface area contributed by atoms with Gasteiger partial charge in [-0.05, 0) is 27.7 Å². The van der Waals surface area contributed by atoms with Crippen LogP contribution >= 0.6 is 0 Å². The fraction of sp³-hybridized carbons (Fsp3) is 0.800. The molecule has 0 bridgehead atoms. The van der Waals surface area contributed by atoms with Crippen LogP contribution in [0.3, 0.4) is 0 Å². The Morgan fingerprint density at radius 1 is 1.20 bits per heavy atom. The van der Waals surface area contributed by atoms with Crippen LogP contribution in [0.25, 0.3) is 0 Å². The summed E-state index contributed by atoms with van der Waals surface area (Å²) in [7, 11) is 0. The zero-order chi connectivity index (χ0) is 12.0. The molecule has 0 rings (SSSR count). The third-order valence-corrected chi connectivity index (χ3v) is 2.18. The molecule has 2 atom stereocenters. The summed E-state index contributed by atoms with van der Waals surface area (Å²) >= 11 is 0. The van der Waals surface area contributed by atoms with E-state index in [4.69, 9.17) is 9.84 Å². The molecule has 1 unspecified atom stereocenters. The molecule has 0 saturated heterocycles. The number of ether oxygens (including phenoxy) is 1. The normalized spacial score (nSPS) is 14.4. The summed E-state index contributed by atoms with van der Waals surface area (Å²) in [5.41, 5.74) is 0. The number of rotatable bonds is 6. The zero-order valence-electron chi connectivity index (χ0n) is 9.69. The number of carbonyl (C=O) groups excluding carboxylic acids is 1. The van der Waals surface area contributed by atoms with E-state index in [-0.39, 0.29) is 5.91 Å². The highest BCUT2D eigenvalue weighted by atomic mass is 16.5. The van der Waals surface area contributed by atoms with Gasteiger partial charge in [-0.25, -0.2) is 4.79 Å². The van der Waals surface area contributed by atoms with Crippen LogP contribution in [0.15, 0.2) is 0 Å². The van der Waals surface area contributed by atoms with Gasteiger partial charge in [-0.1, -0.05) is 0 Å². The number of carboxylic acid groups (broad SMARTS) is 1. The maximum atomic E-state index is 11.7. The van der Waals surface area contributed by atoms with Crippen molar-refractivity contribution in [2.75, 3.05) is 13.1 Å². The van der Waals surface area contributed by atoms with Gasteiger partial charge in [0.1, 0.15) is 6.10 Å². The predicted octanol–water partition coefficient (Wildman–Crippen LogP) is 0.733. The molecular weight excluding hydrogens is 198 g/mol. The summed E-state index contributed by atoms with van der Waals surface area (Å²) in [6, 6.07) is 0. The summed E-state index contributed by atoms with van der Waals surface area (Å²) < 4.78 is 5.07. The number of carbonyl (C=O) groups is 2. The Bertz CT molecular complexity index is 225. The van der Waals surface area contributed by atoms with Crippen molar-refractivity contribution in [3.8, 4) is 0 Å². The van der Waals surface area contributed by atoms with Crippen LogP contribution in [-0.4, -0.2) is 47.2 Å². The molecule has 0 spiro atoms. The first-order valence-electron chi connectivity index (χ1n) is 5.11. The lowest BCUT2D eigenvalue weighted by molar-refractivity contribution is -0.159. The van der Waals surface area contributed by atoms with Crippen molar-refractivity contribution in [3.63, 3.8) is 0 Å². The highest BCUT2D eigenvalue weighted by Crippen LogP contribution is 2.03. The van der Waals surface area contributed by atoms with Crippen LogP contribution in [0.1, 0.15) is 27.7 Å². The third kappa shape index (κ3) is 4.29. The van der Waals surface area contributed by atoms with Crippen molar-refractivity contribution in [3.05, 3.63) is 0 Å². The molecule has 1 N–H and O–H groups in total. The van der Waals surface area contributed by atoms with Crippen molar-refractivity contribution in [2.45, 2.75) is 39.9 Å². The molecule has 0 aliphatic heterocycles. The largest absolute Gasteiger partial charge is 0.479 e. The van der Waals surface area contributed by atoms with Crippen LogP contribution < -0.4 is 0 Å². The zero-order valence-corrected chi connectivity index (χ0v) is 9.69. The van der Waals surface area contributed by atoms with Gasteiger partial charge < -0.3 is 14.7 Å². The monoisotopic (exact) mass is 217 g/mol. The minimum absolute atomic E-state index is 0.173. The van der Waals surface area contributed by atoms with E-state index >= 15 is 0 Å². The standard InChI is InChI=1S/C10H19NO4/c1-5-11(6-2)9(12)7(3)15-8(4)10(13)14/h7-8H,5-6H2,1-4H3,(H,13,14)/t7?,8-/m1/s1. The van der Waals surface area contributed by atoms with E-state index in [0.29, 0.717) is 13.1 Å². The van der Waals surface area contributed by atoms with Gasteiger partial charge in [0.05, 0.1) is 0 Å². The van der Waals surface area contributed by atoms with Gasteiger partial charge in [-0.15, -0.1) is 0 Å². The lowest BCUT2D eigenvalue weighted by Gasteiger charge is -2.24. The number of likely N-dealkylation sites (N-methyl/N-ethyl adjacent to an activating group) is 1. The van der Waals surface area contributed by atoms with Gasteiger partial charge >= 0.3 is 5.97 Å². The maximum Gasteiger partial charge on any atom is 0.332 e. The molecule has 0 aliphatic carbocycles. The number of nitrogens with zero attached hydrogens (tertiary/aromatic N) is 1. The molecular formula is C10H19NO4. The number of carboxylic acids is 1. The van der Waals surface area contributed by atoms with Crippen molar-refractivity contribution in [1.29, 1.82) is 0 Å². The van der Waals surface area contributed by atoms with Crippen molar-refractivity contribution >= 4 is 11.9 Å². The van der Waals surface area contributed by atoms with Crippen molar-refractivity contribution in [2.24, 2.45) is 0 Å². The first kappa shape index (κ1) is 13.9. The van der Waals surface area contributed by atoms with Crippen molar-refractivity contribution < 1.29 is 19.4 Å². The lowest BCUT2D eigenvalue weighted by Crippen LogP contribution is -2.41. The smallest absolute Gasteiger partial charge is 0.332 e. The average molecular weight is 217 g/mol. The summed E-state index contributed by atoms with van der Waals surface area (Å²) in [6.45, 7) is 7.92. The Labute approximate surface area is 90.0 Å². The Hall–Kier alpha value is -1.10. The van der Waals surface area contributed by atoms with Gasteiger partial charge in [-0.3, -0.25) is 4.79 Å². The average Bonchev–Trinajstić information content (AvgIpc) is 2.19. The highest BCUT2D eigenvalue weighted by Gasteiger charge is 2.23. The van der Waals surface area contributed by atoms with Gasteiger partial charge in [0.25, 0.3) is 5.91 Å². The van der Waals surface area contributed by atoms with Crippen LogP contribution in [0.2, 0.25) is 0 Å². The Kier molecular flexibility index (Phi) is 5.93. The molecule has 0 aromatic carbocycles. The van der Waals surface area contributed by atoms with E-state index in [0.717, 1.165) is 0 Å². The fourth-order valence-corrected chi connectivity index (χ4v) is 1.21. The highest BCUT2D eigenvalue weighted by molar-refractivity contribution is 5.81. The minimum Gasteiger partial charge on any atom is -0.479 e. The fourth-order valence-electron chi connectivity index (χ4n) is 1.21.